The van der Waals surface area contributed by atoms with Crippen LogP contribution in [0.3, 0.4) is 0 Å². The number of halogens is 1. The van der Waals surface area contributed by atoms with Gasteiger partial charge in [0.1, 0.15) is 11.2 Å². The summed E-state index contributed by atoms with van der Waals surface area (Å²) in [6.45, 7) is 0.179. The summed E-state index contributed by atoms with van der Waals surface area (Å²) in [4.78, 5) is 25.3. The van der Waals surface area contributed by atoms with Crippen molar-refractivity contribution in [3.63, 3.8) is 0 Å². The molecule has 1 fully saturated rings. The number of carbonyl (C=O) groups is 2. The first-order chi connectivity index (χ1) is 7.63. The van der Waals surface area contributed by atoms with Gasteiger partial charge in [0.05, 0.1) is 6.54 Å². The van der Waals surface area contributed by atoms with Crippen molar-refractivity contribution in [2.24, 2.45) is 0 Å². The number of carboxylic acids is 1. The Bertz CT molecular complexity index is 434. The van der Waals surface area contributed by atoms with Crippen LogP contribution in [0.2, 0.25) is 0 Å². The van der Waals surface area contributed by atoms with Gasteiger partial charge in [-0.3, -0.25) is 4.79 Å². The summed E-state index contributed by atoms with van der Waals surface area (Å²) in [6, 6.07) is 0. The minimum Gasteiger partial charge on any atom is -0.476 e. The number of amides is 1. The molecule has 1 heterocycles. The zero-order valence-corrected chi connectivity index (χ0v) is 8.96. The zero-order chi connectivity index (χ0) is 11.7. The number of rotatable bonds is 5. The highest BCUT2D eigenvalue weighted by Gasteiger charge is 2.43. The highest BCUT2D eigenvalue weighted by molar-refractivity contribution is 7.12. The number of aromatic nitrogens is 1. The fourth-order valence-corrected chi connectivity index (χ4v) is 2.59. The van der Waals surface area contributed by atoms with Crippen molar-refractivity contribution in [1.29, 1.82) is 0 Å². The van der Waals surface area contributed by atoms with Gasteiger partial charge in [0, 0.05) is 10.8 Å². The Kier molecular flexibility index (Phi) is 2.86. The van der Waals surface area contributed by atoms with Crippen LogP contribution >= 0.6 is 11.3 Å². The monoisotopic (exact) mass is 244 g/mol. The number of thiazole rings is 1. The first-order valence-electron chi connectivity index (χ1n) is 4.67. The quantitative estimate of drug-likeness (QED) is 0.755. The van der Waals surface area contributed by atoms with Gasteiger partial charge in [-0.1, -0.05) is 0 Å². The van der Waals surface area contributed by atoms with Crippen LogP contribution in [0.5, 0.6) is 0 Å². The molecule has 0 bridgehead atoms. The molecule has 1 amide bonds. The van der Waals surface area contributed by atoms with E-state index in [0.29, 0.717) is 22.7 Å². The predicted molar refractivity (Wildman–Crippen MR) is 54.2 cm³/mol. The summed E-state index contributed by atoms with van der Waals surface area (Å²) in [5.74, 6) is -1.48. The van der Waals surface area contributed by atoms with Crippen molar-refractivity contribution in [1.82, 2.24) is 10.3 Å². The SMILES string of the molecule is O=CNCc1nc(C(=O)O)c([C@@H]2C[C@H]2F)s1. The Labute approximate surface area is 94.3 Å². The lowest BCUT2D eigenvalue weighted by Crippen LogP contribution is -2.09. The highest BCUT2D eigenvalue weighted by Crippen LogP contribution is 2.47. The highest BCUT2D eigenvalue weighted by atomic mass is 32.1. The number of alkyl halides is 1. The van der Waals surface area contributed by atoms with E-state index in [0.717, 1.165) is 11.3 Å². The van der Waals surface area contributed by atoms with Gasteiger partial charge in [0.25, 0.3) is 0 Å². The average Bonchev–Trinajstić information content (AvgIpc) is 2.80. The maximum Gasteiger partial charge on any atom is 0.355 e. The molecule has 7 heteroatoms. The molecule has 1 saturated carbocycles. The standard InChI is InChI=1S/C9H9FN2O3S/c10-5-1-4(5)8-7(9(14)15)12-6(16-8)2-11-3-13/h3-5H,1-2H2,(H,11,13)(H,14,15)/t4-,5-/m1/s1. The first kappa shape index (κ1) is 11.0. The van der Waals surface area contributed by atoms with Gasteiger partial charge in [-0.2, -0.15) is 0 Å². The Morgan fingerprint density at radius 2 is 2.44 bits per heavy atom. The fourth-order valence-electron chi connectivity index (χ4n) is 1.42. The van der Waals surface area contributed by atoms with E-state index in [2.05, 4.69) is 10.3 Å². The van der Waals surface area contributed by atoms with E-state index >= 15 is 0 Å². The van der Waals surface area contributed by atoms with E-state index < -0.39 is 12.1 Å². The second-order valence-electron chi connectivity index (χ2n) is 3.48. The summed E-state index contributed by atoms with van der Waals surface area (Å²) in [7, 11) is 0. The molecule has 0 aliphatic heterocycles. The van der Waals surface area contributed by atoms with E-state index in [1.54, 1.807) is 0 Å². The molecule has 1 aromatic heterocycles. The first-order valence-corrected chi connectivity index (χ1v) is 5.49. The van der Waals surface area contributed by atoms with Crippen LogP contribution in [0.15, 0.2) is 0 Å². The third kappa shape index (κ3) is 2.04. The summed E-state index contributed by atoms with van der Waals surface area (Å²) in [5, 5.41) is 11.8. The fraction of sp³-hybridized carbons (Fsp3) is 0.444. The van der Waals surface area contributed by atoms with E-state index in [1.165, 1.54) is 0 Å². The van der Waals surface area contributed by atoms with Gasteiger partial charge < -0.3 is 10.4 Å². The van der Waals surface area contributed by atoms with Gasteiger partial charge >= 0.3 is 5.97 Å². The molecule has 1 aliphatic rings. The van der Waals surface area contributed by atoms with Gasteiger partial charge in [0.15, 0.2) is 5.69 Å². The summed E-state index contributed by atoms with van der Waals surface area (Å²) < 4.78 is 12.9. The summed E-state index contributed by atoms with van der Waals surface area (Å²) in [6.07, 6.45) is -0.0787. The van der Waals surface area contributed by atoms with Crippen LogP contribution in [0.25, 0.3) is 0 Å². The number of hydrogen-bond donors (Lipinski definition) is 2. The minimum atomic E-state index is -1.15. The maximum atomic E-state index is 12.9. The molecule has 86 valence electrons. The molecule has 0 spiro atoms. The van der Waals surface area contributed by atoms with Crippen LogP contribution < -0.4 is 5.32 Å². The van der Waals surface area contributed by atoms with Crippen LogP contribution in [-0.4, -0.2) is 28.6 Å². The molecule has 2 N–H and O–H groups in total. The van der Waals surface area contributed by atoms with Crippen LogP contribution in [0.4, 0.5) is 4.39 Å². The number of nitrogens with one attached hydrogen (secondary N) is 1. The van der Waals surface area contributed by atoms with Crippen LogP contribution in [0, 0.1) is 0 Å². The molecular formula is C9H9FN2O3S. The molecular weight excluding hydrogens is 235 g/mol. The van der Waals surface area contributed by atoms with Crippen LogP contribution in [0.1, 0.15) is 32.7 Å². The van der Waals surface area contributed by atoms with Gasteiger partial charge in [-0.05, 0) is 6.42 Å². The average molecular weight is 244 g/mol. The van der Waals surface area contributed by atoms with Crippen LogP contribution in [-0.2, 0) is 11.3 Å². The molecule has 16 heavy (non-hydrogen) atoms. The molecule has 0 aromatic carbocycles. The summed E-state index contributed by atoms with van der Waals surface area (Å²) in [5.41, 5.74) is -0.0853. The van der Waals surface area contributed by atoms with E-state index in [9.17, 15) is 14.0 Å². The lowest BCUT2D eigenvalue weighted by molar-refractivity contribution is -0.109. The Hall–Kier alpha value is -1.50. The molecule has 0 saturated heterocycles. The predicted octanol–water partition coefficient (Wildman–Crippen LogP) is 0.913. The normalized spacial score (nSPS) is 22.8. The molecule has 2 rings (SSSR count). The lowest BCUT2D eigenvalue weighted by Gasteiger charge is -1.92. The third-order valence-electron chi connectivity index (χ3n) is 2.29. The topological polar surface area (TPSA) is 79.3 Å². The minimum absolute atomic E-state index is 0.0853. The van der Waals surface area contributed by atoms with Crippen molar-refractivity contribution in [3.8, 4) is 0 Å². The third-order valence-corrected chi connectivity index (χ3v) is 3.47. The van der Waals surface area contributed by atoms with Gasteiger partial charge in [-0.15, -0.1) is 11.3 Å². The van der Waals surface area contributed by atoms with Gasteiger partial charge in [-0.25, -0.2) is 14.2 Å². The van der Waals surface area contributed by atoms with Crippen molar-refractivity contribution in [3.05, 3.63) is 15.6 Å². The molecule has 1 aliphatic carbocycles. The molecule has 2 atom stereocenters. The number of carboxylic acid groups (broad SMARTS) is 1. The second-order valence-corrected chi connectivity index (χ2v) is 4.60. The zero-order valence-electron chi connectivity index (χ0n) is 8.14. The largest absolute Gasteiger partial charge is 0.476 e. The molecule has 5 nitrogen and oxygen atoms in total. The molecule has 1 aromatic rings. The molecule has 0 radical (unpaired) electrons. The Morgan fingerprint density at radius 1 is 1.75 bits per heavy atom. The van der Waals surface area contributed by atoms with E-state index in [-0.39, 0.29) is 18.2 Å². The Balaban J connectivity index is 2.23. The number of aromatic carboxylic acids is 1. The second kappa shape index (κ2) is 4.17. The van der Waals surface area contributed by atoms with E-state index in [4.69, 9.17) is 5.11 Å². The Morgan fingerprint density at radius 3 is 2.94 bits per heavy atom. The number of carbonyl (C=O) groups excluding carboxylic acids is 1. The van der Waals surface area contributed by atoms with Crippen molar-refractivity contribution in [2.75, 3.05) is 0 Å². The molecule has 0 unspecified atom stereocenters. The summed E-state index contributed by atoms with van der Waals surface area (Å²) >= 11 is 1.15. The lowest BCUT2D eigenvalue weighted by atomic mass is 10.3. The smallest absolute Gasteiger partial charge is 0.355 e. The maximum absolute atomic E-state index is 12.9. The van der Waals surface area contributed by atoms with Gasteiger partial charge in [0.2, 0.25) is 6.41 Å². The van der Waals surface area contributed by atoms with Crippen molar-refractivity contribution in [2.45, 2.75) is 25.1 Å². The van der Waals surface area contributed by atoms with Crippen molar-refractivity contribution < 1.29 is 19.1 Å². The number of nitrogens with zero attached hydrogens (tertiary/aromatic N) is 1. The number of hydrogen-bond acceptors (Lipinski definition) is 4. The van der Waals surface area contributed by atoms with Crippen molar-refractivity contribution >= 4 is 23.7 Å². The van der Waals surface area contributed by atoms with E-state index in [1.807, 2.05) is 0 Å².